The zero-order valence-electron chi connectivity index (χ0n) is 18.7. The molecule has 0 amide bonds. The first-order valence-corrected chi connectivity index (χ1v) is 17.9. The Morgan fingerprint density at radius 3 is 2.18 bits per heavy atom. The van der Waals surface area contributed by atoms with E-state index in [1.807, 2.05) is 7.05 Å². The van der Waals surface area contributed by atoms with E-state index in [9.17, 15) is 0 Å². The van der Waals surface area contributed by atoms with Crippen molar-refractivity contribution in [3.63, 3.8) is 0 Å². The average molecular weight is 434 g/mol. The van der Waals surface area contributed by atoms with E-state index < -0.39 is 16.1 Å². The number of ether oxygens (including phenoxy) is 2. The lowest BCUT2D eigenvalue weighted by molar-refractivity contribution is 0.0526. The van der Waals surface area contributed by atoms with Gasteiger partial charge in [0.15, 0.2) is 6.79 Å². The van der Waals surface area contributed by atoms with Crippen LogP contribution in [0.2, 0.25) is 39.3 Å². The van der Waals surface area contributed by atoms with Crippen molar-refractivity contribution in [2.24, 2.45) is 0 Å². The van der Waals surface area contributed by atoms with Crippen LogP contribution in [0.5, 0.6) is 5.75 Å². The van der Waals surface area contributed by atoms with Crippen molar-refractivity contribution in [3.05, 3.63) is 42.0 Å². The molecule has 0 radical (unpaired) electrons. The number of nitrogens with one attached hydrogen (secondary N) is 1. The molecule has 28 heavy (non-hydrogen) atoms. The van der Waals surface area contributed by atoms with Crippen molar-refractivity contribution in [1.29, 1.82) is 0 Å². The second-order valence-electron chi connectivity index (χ2n) is 9.26. The first-order chi connectivity index (χ1) is 13.1. The molecule has 1 N–H and O–H groups in total. The van der Waals surface area contributed by atoms with E-state index in [0.29, 0.717) is 15.4 Å². The summed E-state index contributed by atoms with van der Waals surface area (Å²) in [7, 11) is 1.23. The van der Waals surface area contributed by atoms with Crippen LogP contribution in [0, 0.1) is 0 Å². The zero-order valence-corrected chi connectivity index (χ0v) is 21.7. The van der Waals surface area contributed by atoms with Gasteiger partial charge in [0.2, 0.25) is 0 Å². The van der Waals surface area contributed by atoms with E-state index in [0.717, 1.165) is 12.3 Å². The molecule has 1 atom stereocenters. The first-order valence-electron chi connectivity index (χ1n) is 9.88. The lowest BCUT2D eigenvalue weighted by Crippen LogP contribution is -2.48. The summed E-state index contributed by atoms with van der Waals surface area (Å²) in [5, 5.41) is 8.93. The van der Waals surface area contributed by atoms with Crippen LogP contribution in [-0.4, -0.2) is 37.1 Å². The van der Waals surface area contributed by atoms with Gasteiger partial charge in [0.1, 0.15) is 5.75 Å². The number of hydrogen-bond donors (Lipinski definition) is 1. The van der Waals surface area contributed by atoms with Gasteiger partial charge in [-0.05, 0) is 23.1 Å². The van der Waals surface area contributed by atoms with Gasteiger partial charge in [-0.3, -0.25) is 0 Å². The van der Waals surface area contributed by atoms with Gasteiger partial charge >= 0.3 is 0 Å². The predicted octanol–water partition coefficient (Wildman–Crippen LogP) is 3.11. The largest absolute Gasteiger partial charge is 0.467 e. The maximum Gasteiger partial charge on any atom is 0.188 e. The maximum atomic E-state index is 6.20. The van der Waals surface area contributed by atoms with E-state index in [1.165, 1.54) is 26.5 Å². The van der Waals surface area contributed by atoms with Crippen molar-refractivity contribution < 1.29 is 9.47 Å². The van der Waals surface area contributed by atoms with Crippen molar-refractivity contribution in [2.45, 2.75) is 45.8 Å². The monoisotopic (exact) mass is 433 g/mol. The van der Waals surface area contributed by atoms with Crippen LogP contribution in [0.25, 0.3) is 0 Å². The van der Waals surface area contributed by atoms with E-state index in [-0.39, 0.29) is 0 Å². The minimum atomic E-state index is -1.58. The van der Waals surface area contributed by atoms with Gasteiger partial charge in [-0.15, -0.1) is 0 Å². The minimum absolute atomic E-state index is 0.291. The van der Waals surface area contributed by atoms with Crippen molar-refractivity contribution >= 4 is 45.7 Å². The summed E-state index contributed by atoms with van der Waals surface area (Å²) in [5.74, 6) is 1.06. The van der Waals surface area contributed by atoms with Gasteiger partial charge in [-0.25, -0.2) is 0 Å². The lowest BCUT2D eigenvalue weighted by atomic mass is 10.2. The van der Waals surface area contributed by atoms with Crippen LogP contribution in [0.1, 0.15) is 5.56 Å². The Morgan fingerprint density at radius 2 is 1.61 bits per heavy atom. The van der Waals surface area contributed by atoms with Crippen LogP contribution < -0.4 is 31.0 Å². The quantitative estimate of drug-likeness (QED) is 0.374. The fourth-order valence-corrected chi connectivity index (χ4v) is 7.51. The Bertz CT molecular complexity index is 798. The summed E-state index contributed by atoms with van der Waals surface area (Å²) in [5.41, 5.74) is 1.36. The molecule has 0 aliphatic heterocycles. The molecular formula is C22H36NO2PSi2. The van der Waals surface area contributed by atoms with Gasteiger partial charge in [0.25, 0.3) is 0 Å². The zero-order chi connectivity index (χ0) is 20.9. The van der Waals surface area contributed by atoms with Crippen LogP contribution in [0.4, 0.5) is 0 Å². The third-order valence-electron chi connectivity index (χ3n) is 4.74. The number of benzene rings is 2. The van der Waals surface area contributed by atoms with E-state index in [4.69, 9.17) is 9.47 Å². The Kier molecular flexibility index (Phi) is 8.06. The number of hydrogen-bond acceptors (Lipinski definition) is 3. The fraction of sp³-hybridized carbons (Fsp3) is 0.455. The molecule has 0 fully saturated rings. The third-order valence-corrected chi connectivity index (χ3v) is 10.1. The molecule has 0 aliphatic rings. The molecular weight excluding hydrogens is 397 g/mol. The maximum absolute atomic E-state index is 6.20. The molecule has 0 spiro atoms. The van der Waals surface area contributed by atoms with E-state index >= 15 is 0 Å². The second-order valence-corrected chi connectivity index (χ2v) is 20.7. The molecule has 0 bridgehead atoms. The van der Waals surface area contributed by atoms with Gasteiger partial charge in [0, 0.05) is 19.0 Å². The summed E-state index contributed by atoms with van der Waals surface area (Å²) in [6, 6.07) is 13.6. The Balaban J connectivity index is 2.65. The highest BCUT2D eigenvalue weighted by Crippen LogP contribution is 2.23. The summed E-state index contributed by atoms with van der Waals surface area (Å²) >= 11 is 0. The molecule has 2 aromatic carbocycles. The Labute approximate surface area is 175 Å². The van der Waals surface area contributed by atoms with Gasteiger partial charge in [-0.1, -0.05) is 89.4 Å². The molecule has 0 saturated carbocycles. The molecule has 2 aromatic rings. The molecule has 1 unspecified atom stereocenters. The Hall–Kier alpha value is -0.976. The molecule has 0 saturated heterocycles. The summed E-state index contributed by atoms with van der Waals surface area (Å²) < 4.78 is 11.5. The molecule has 0 aromatic heterocycles. The topological polar surface area (TPSA) is 30.5 Å². The number of methoxy groups -OCH3 is 1. The van der Waals surface area contributed by atoms with E-state index in [2.05, 4.69) is 81.0 Å². The highest BCUT2D eigenvalue weighted by Gasteiger charge is 2.28. The third kappa shape index (κ3) is 6.01. The van der Waals surface area contributed by atoms with Crippen molar-refractivity contribution in [3.8, 4) is 5.75 Å². The molecule has 154 valence electrons. The van der Waals surface area contributed by atoms with Crippen LogP contribution in [-0.2, 0) is 11.3 Å². The molecule has 6 heteroatoms. The highest BCUT2D eigenvalue weighted by atomic mass is 31.1. The van der Waals surface area contributed by atoms with Crippen LogP contribution in [0.3, 0.4) is 0 Å². The molecule has 0 aliphatic carbocycles. The molecule has 0 heterocycles. The Morgan fingerprint density at radius 1 is 0.929 bits per heavy atom. The summed E-state index contributed by atoms with van der Waals surface area (Å²) in [6.07, 6.45) is 0. The van der Waals surface area contributed by atoms with E-state index in [1.54, 1.807) is 7.11 Å². The fourth-order valence-electron chi connectivity index (χ4n) is 3.12. The highest BCUT2D eigenvalue weighted by molar-refractivity contribution is 7.56. The lowest BCUT2D eigenvalue weighted by Gasteiger charge is -2.28. The standard InChI is InChI=1S/C22H36NO2PSi2/c1-23-15-17-11-9-10-12-19(17)26-20-13-18(27(3,4)5)14-21(28(6,7)8)22(20)25-16-24-2/h9-14,23,26H,15-16H2,1-8H3. The second kappa shape index (κ2) is 9.68. The van der Waals surface area contributed by atoms with Crippen LogP contribution >= 0.6 is 8.58 Å². The van der Waals surface area contributed by atoms with Crippen molar-refractivity contribution in [1.82, 2.24) is 5.32 Å². The van der Waals surface area contributed by atoms with Gasteiger partial charge in [-0.2, -0.15) is 0 Å². The predicted molar refractivity (Wildman–Crippen MR) is 132 cm³/mol. The normalized spacial score (nSPS) is 12.7. The molecule has 3 nitrogen and oxygen atoms in total. The first kappa shape index (κ1) is 23.3. The smallest absolute Gasteiger partial charge is 0.188 e. The summed E-state index contributed by atoms with van der Waals surface area (Å²) in [6.45, 7) is 15.6. The summed E-state index contributed by atoms with van der Waals surface area (Å²) in [4.78, 5) is 0. The SMILES string of the molecule is CNCc1ccccc1Pc1cc([Si](C)(C)C)cc([Si](C)(C)C)c1OCOC. The molecule has 2 rings (SSSR count). The minimum Gasteiger partial charge on any atom is -0.467 e. The van der Waals surface area contributed by atoms with Gasteiger partial charge in [0.05, 0.1) is 16.1 Å². The average Bonchev–Trinajstić information content (AvgIpc) is 2.60. The number of rotatable bonds is 9. The van der Waals surface area contributed by atoms with Crippen molar-refractivity contribution in [2.75, 3.05) is 21.0 Å². The van der Waals surface area contributed by atoms with Crippen LogP contribution in [0.15, 0.2) is 36.4 Å². The van der Waals surface area contributed by atoms with Gasteiger partial charge < -0.3 is 14.8 Å².